The molecule has 1 fully saturated rings. The molecule has 0 radical (unpaired) electrons. The van der Waals surface area contributed by atoms with Gasteiger partial charge in [0.25, 0.3) is 0 Å². The molecule has 1 aliphatic rings. The second-order valence-electron chi connectivity index (χ2n) is 8.99. The minimum absolute atomic E-state index is 0.0228. The summed E-state index contributed by atoms with van der Waals surface area (Å²) in [5.41, 5.74) is 0.797. The highest BCUT2D eigenvalue weighted by Crippen LogP contribution is 2.37. The molecule has 1 aromatic heterocycles. The van der Waals surface area contributed by atoms with Crippen molar-refractivity contribution in [3.63, 3.8) is 0 Å². The molecule has 0 bridgehead atoms. The van der Waals surface area contributed by atoms with Crippen molar-refractivity contribution in [2.45, 2.75) is 68.0 Å². The van der Waals surface area contributed by atoms with Crippen molar-refractivity contribution in [3.8, 4) is 0 Å². The summed E-state index contributed by atoms with van der Waals surface area (Å²) in [5, 5.41) is 12.3. The maximum Gasteiger partial charge on any atom is 0.324 e. The molecule has 0 saturated heterocycles. The zero-order valence-electron chi connectivity index (χ0n) is 18.4. The molecule has 0 spiro atoms. The average Bonchev–Trinajstić information content (AvgIpc) is 3.19. The van der Waals surface area contributed by atoms with Crippen molar-refractivity contribution in [3.05, 3.63) is 42.1 Å². The van der Waals surface area contributed by atoms with E-state index in [0.29, 0.717) is 11.7 Å². The molecular weight excluding hydrogens is 430 g/mol. The maximum absolute atomic E-state index is 13.5. The van der Waals surface area contributed by atoms with E-state index in [1.165, 1.54) is 35.1 Å². The van der Waals surface area contributed by atoms with Gasteiger partial charge >= 0.3 is 12.0 Å². The van der Waals surface area contributed by atoms with Crippen LogP contribution in [0.3, 0.4) is 0 Å². The second-order valence-corrected chi connectivity index (χ2v) is 11.3. The van der Waals surface area contributed by atoms with Crippen LogP contribution in [-0.2, 0) is 10.2 Å². The number of aliphatic carboxylic acids is 1. The van der Waals surface area contributed by atoms with Crippen LogP contribution in [0.4, 0.5) is 9.93 Å². The molecular formula is C23H31N3O3S2. The first-order valence-corrected chi connectivity index (χ1v) is 12.4. The fourth-order valence-electron chi connectivity index (χ4n) is 4.14. The number of carbonyl (C=O) groups excluding carboxylic acids is 1. The monoisotopic (exact) mass is 461 g/mol. The van der Waals surface area contributed by atoms with Gasteiger partial charge in [0, 0.05) is 17.5 Å². The number of hydrogen-bond donors (Lipinski definition) is 2. The van der Waals surface area contributed by atoms with Crippen LogP contribution < -0.4 is 5.32 Å². The number of aromatic nitrogens is 1. The predicted octanol–water partition coefficient (Wildman–Crippen LogP) is 5.85. The number of thioether (sulfide) groups is 1. The third-order valence-corrected chi connectivity index (χ3v) is 8.06. The molecule has 1 heterocycles. The van der Waals surface area contributed by atoms with E-state index >= 15 is 0 Å². The summed E-state index contributed by atoms with van der Waals surface area (Å²) in [7, 11) is 0. The molecule has 2 amide bonds. The van der Waals surface area contributed by atoms with Crippen LogP contribution in [0.5, 0.6) is 0 Å². The number of nitrogens with one attached hydrogen (secondary N) is 1. The van der Waals surface area contributed by atoms with Gasteiger partial charge in [0.1, 0.15) is 0 Å². The Bertz CT molecular complexity index is 892. The lowest BCUT2D eigenvalue weighted by Crippen LogP contribution is -2.56. The van der Waals surface area contributed by atoms with E-state index in [-0.39, 0.29) is 22.7 Å². The number of anilines is 1. The third-order valence-electron chi connectivity index (χ3n) is 5.97. The van der Waals surface area contributed by atoms with E-state index in [2.05, 4.69) is 43.2 Å². The van der Waals surface area contributed by atoms with E-state index in [4.69, 9.17) is 5.11 Å². The molecule has 1 aromatic carbocycles. The smallest absolute Gasteiger partial charge is 0.324 e. The number of thiazole rings is 1. The van der Waals surface area contributed by atoms with Crippen LogP contribution in [0.1, 0.15) is 58.4 Å². The van der Waals surface area contributed by atoms with Gasteiger partial charge in [-0.15, -0.1) is 11.8 Å². The number of carboxylic acids is 1. The van der Waals surface area contributed by atoms with Gasteiger partial charge in [-0.2, -0.15) is 0 Å². The number of carboxylic acid groups (broad SMARTS) is 1. The standard InChI is InChI=1S/C23H31N3O3S2/c1-22(2,17-10-6-4-7-11-17)16-26(23(3)12-8-5-9-13-23)21(29)25-20-24-14-19(31-20)30-15-18(27)28/h4,6-7,10-11,14H,5,8-9,12-13,15-16H2,1-3H3,(H,27,28)(H,24,25,29). The lowest BCUT2D eigenvalue weighted by Gasteiger charge is -2.47. The Morgan fingerprint density at radius 2 is 1.90 bits per heavy atom. The van der Waals surface area contributed by atoms with E-state index in [9.17, 15) is 9.59 Å². The molecule has 2 N–H and O–H groups in total. The van der Waals surface area contributed by atoms with Gasteiger partial charge in [-0.1, -0.05) is 74.8 Å². The largest absolute Gasteiger partial charge is 0.481 e. The Morgan fingerprint density at radius 3 is 2.55 bits per heavy atom. The second kappa shape index (κ2) is 10.0. The van der Waals surface area contributed by atoms with Crippen molar-refractivity contribution in [1.29, 1.82) is 0 Å². The van der Waals surface area contributed by atoms with Crippen LogP contribution >= 0.6 is 23.1 Å². The number of hydrogen-bond acceptors (Lipinski definition) is 5. The highest BCUT2D eigenvalue weighted by atomic mass is 32.2. The summed E-state index contributed by atoms with van der Waals surface area (Å²) in [5.74, 6) is -0.895. The van der Waals surface area contributed by atoms with Crippen LogP contribution in [0.2, 0.25) is 0 Å². The normalized spacial score (nSPS) is 16.0. The van der Waals surface area contributed by atoms with Gasteiger partial charge in [-0.05, 0) is 25.3 Å². The number of urea groups is 1. The average molecular weight is 462 g/mol. The molecule has 1 aliphatic carbocycles. The number of nitrogens with zero attached hydrogens (tertiary/aromatic N) is 2. The van der Waals surface area contributed by atoms with Gasteiger partial charge < -0.3 is 10.0 Å². The van der Waals surface area contributed by atoms with E-state index in [1.54, 1.807) is 6.20 Å². The van der Waals surface area contributed by atoms with Gasteiger partial charge in [0.05, 0.1) is 16.2 Å². The fraction of sp³-hybridized carbons (Fsp3) is 0.522. The van der Waals surface area contributed by atoms with Crippen molar-refractivity contribution >= 4 is 40.2 Å². The Morgan fingerprint density at radius 1 is 1.23 bits per heavy atom. The van der Waals surface area contributed by atoms with Crippen LogP contribution in [0.25, 0.3) is 0 Å². The molecule has 3 rings (SSSR count). The highest BCUT2D eigenvalue weighted by Gasteiger charge is 2.40. The number of benzene rings is 1. The fourth-order valence-corrected chi connectivity index (χ4v) is 5.72. The molecule has 6 nitrogen and oxygen atoms in total. The first kappa shape index (κ1) is 23.6. The van der Waals surface area contributed by atoms with E-state index < -0.39 is 5.97 Å². The Hall–Kier alpha value is -2.06. The topological polar surface area (TPSA) is 82.5 Å². The first-order valence-electron chi connectivity index (χ1n) is 10.6. The van der Waals surface area contributed by atoms with E-state index in [1.807, 2.05) is 23.1 Å². The molecule has 1 saturated carbocycles. The Labute approximate surface area is 192 Å². The zero-order valence-corrected chi connectivity index (χ0v) is 20.0. The van der Waals surface area contributed by atoms with Gasteiger partial charge in [-0.3, -0.25) is 10.1 Å². The summed E-state index contributed by atoms with van der Waals surface area (Å²) >= 11 is 2.52. The minimum atomic E-state index is -0.872. The lowest BCUT2D eigenvalue weighted by atomic mass is 9.78. The zero-order chi connectivity index (χ0) is 22.5. The van der Waals surface area contributed by atoms with Crippen LogP contribution in [-0.4, -0.2) is 44.8 Å². The third kappa shape index (κ3) is 6.23. The van der Waals surface area contributed by atoms with E-state index in [0.717, 1.165) is 29.9 Å². The van der Waals surface area contributed by atoms with Gasteiger partial charge in [0.15, 0.2) is 5.13 Å². The quantitative estimate of drug-likeness (QED) is 0.482. The Balaban J connectivity index is 1.79. The molecule has 0 unspecified atom stereocenters. The first-order chi connectivity index (χ1) is 14.7. The molecule has 31 heavy (non-hydrogen) atoms. The van der Waals surface area contributed by atoms with Crippen molar-refractivity contribution in [2.75, 3.05) is 17.6 Å². The minimum Gasteiger partial charge on any atom is -0.481 e. The summed E-state index contributed by atoms with van der Waals surface area (Å²) < 4.78 is 0.776. The predicted molar refractivity (Wildman–Crippen MR) is 127 cm³/mol. The summed E-state index contributed by atoms with van der Waals surface area (Å²) in [6.45, 7) is 7.16. The van der Waals surface area contributed by atoms with Gasteiger partial charge in [0.2, 0.25) is 0 Å². The van der Waals surface area contributed by atoms with Crippen LogP contribution in [0.15, 0.2) is 40.7 Å². The number of carbonyl (C=O) groups is 2. The molecule has 0 aliphatic heterocycles. The summed E-state index contributed by atoms with van der Waals surface area (Å²) in [6.07, 6.45) is 7.06. The lowest BCUT2D eigenvalue weighted by molar-refractivity contribution is -0.133. The number of rotatable bonds is 8. The van der Waals surface area contributed by atoms with Crippen LogP contribution in [0, 0.1) is 0 Å². The summed E-state index contributed by atoms with van der Waals surface area (Å²) in [6, 6.07) is 10.2. The SMILES string of the molecule is CC(C)(CN(C(=O)Nc1ncc(SCC(=O)O)s1)C1(C)CCCCC1)c1ccccc1. The van der Waals surface area contributed by atoms with Crippen molar-refractivity contribution in [1.82, 2.24) is 9.88 Å². The maximum atomic E-state index is 13.5. The molecule has 2 aromatic rings. The summed E-state index contributed by atoms with van der Waals surface area (Å²) in [4.78, 5) is 30.6. The Kier molecular flexibility index (Phi) is 7.64. The highest BCUT2D eigenvalue weighted by molar-refractivity contribution is 8.01. The van der Waals surface area contributed by atoms with Gasteiger partial charge in [-0.25, -0.2) is 9.78 Å². The molecule has 0 atom stereocenters. The van der Waals surface area contributed by atoms with Crippen molar-refractivity contribution in [2.24, 2.45) is 0 Å². The van der Waals surface area contributed by atoms with Crippen molar-refractivity contribution < 1.29 is 14.7 Å². The molecule has 168 valence electrons. The number of amides is 2. The molecule has 8 heteroatoms.